The maximum absolute atomic E-state index is 14.1. The van der Waals surface area contributed by atoms with Gasteiger partial charge in [0.2, 0.25) is 0 Å². The molecule has 3 aromatic carbocycles. The van der Waals surface area contributed by atoms with Crippen LogP contribution < -0.4 is 0 Å². The first kappa shape index (κ1) is 36.8. The second kappa shape index (κ2) is 14.8. The van der Waals surface area contributed by atoms with Gasteiger partial charge in [-0.05, 0) is 72.8 Å². The minimum Gasteiger partial charge on any atom is -0.448 e. The van der Waals surface area contributed by atoms with Crippen LogP contribution in [0.15, 0.2) is 90.5 Å². The van der Waals surface area contributed by atoms with E-state index in [0.717, 1.165) is 27.8 Å². The van der Waals surface area contributed by atoms with Gasteiger partial charge in [0, 0.05) is 5.92 Å². The fourth-order valence-corrected chi connectivity index (χ4v) is 6.91. The van der Waals surface area contributed by atoms with E-state index in [1.54, 1.807) is 20.8 Å². The van der Waals surface area contributed by atoms with E-state index in [9.17, 15) is 9.59 Å². The molecule has 9 nitrogen and oxygen atoms in total. The molecule has 50 heavy (non-hydrogen) atoms. The van der Waals surface area contributed by atoms with Crippen LogP contribution in [0.25, 0.3) is 16.0 Å². The summed E-state index contributed by atoms with van der Waals surface area (Å²) in [6.45, 7) is 24.6. The van der Waals surface area contributed by atoms with Crippen molar-refractivity contribution in [2.24, 2.45) is 0 Å². The SMILES string of the molecule is [C-]#[N+]C1C(CO[Si](C)(C)C(C)(C)C)=C[C@@H](N(OCc2ccccc2)C(=O)OC(C)(C)C)CN1C(=O)OCC1c2ccccc2-c2ccccc21. The number of benzene rings is 3. The molecule has 3 aromatic rings. The number of hydroxylamine groups is 2. The molecule has 10 heteroatoms. The van der Waals surface area contributed by atoms with Gasteiger partial charge in [0.05, 0.1) is 24.8 Å². The highest BCUT2D eigenvalue weighted by Crippen LogP contribution is 2.45. The van der Waals surface area contributed by atoms with Crippen molar-refractivity contribution in [3.63, 3.8) is 0 Å². The predicted octanol–water partition coefficient (Wildman–Crippen LogP) is 9.18. The van der Waals surface area contributed by atoms with Crippen LogP contribution in [0.2, 0.25) is 18.1 Å². The number of amides is 2. The average molecular weight is 696 g/mol. The van der Waals surface area contributed by atoms with Gasteiger partial charge >= 0.3 is 18.4 Å². The summed E-state index contributed by atoms with van der Waals surface area (Å²) in [5.41, 5.74) is 5.04. The van der Waals surface area contributed by atoms with Crippen LogP contribution in [0, 0.1) is 6.57 Å². The van der Waals surface area contributed by atoms with Crippen molar-refractivity contribution in [2.45, 2.75) is 90.0 Å². The number of rotatable bonds is 9. The lowest BCUT2D eigenvalue weighted by Gasteiger charge is -2.39. The van der Waals surface area contributed by atoms with Crippen molar-refractivity contribution in [3.05, 3.63) is 119 Å². The molecule has 0 radical (unpaired) electrons. The molecular formula is C40H49N3O6Si. The topological polar surface area (TPSA) is 81.9 Å². The number of hydrogen-bond acceptors (Lipinski definition) is 6. The average Bonchev–Trinajstić information content (AvgIpc) is 3.38. The fraction of sp³-hybridized carbons (Fsp3) is 0.425. The summed E-state index contributed by atoms with van der Waals surface area (Å²) >= 11 is 0. The Morgan fingerprint density at radius 1 is 0.880 bits per heavy atom. The van der Waals surface area contributed by atoms with Gasteiger partial charge in [-0.15, -0.1) is 0 Å². The predicted molar refractivity (Wildman–Crippen MR) is 196 cm³/mol. The smallest absolute Gasteiger partial charge is 0.435 e. The van der Waals surface area contributed by atoms with Crippen molar-refractivity contribution < 1.29 is 28.3 Å². The van der Waals surface area contributed by atoms with Crippen LogP contribution in [0.1, 0.15) is 64.2 Å². The Bertz CT molecular complexity index is 1710. The van der Waals surface area contributed by atoms with Gasteiger partial charge in [-0.1, -0.05) is 99.6 Å². The minimum atomic E-state index is -2.26. The van der Waals surface area contributed by atoms with Gasteiger partial charge in [0.1, 0.15) is 18.8 Å². The highest BCUT2D eigenvalue weighted by molar-refractivity contribution is 6.74. The normalized spacial score (nSPS) is 17.7. The van der Waals surface area contributed by atoms with Gasteiger partial charge in [-0.3, -0.25) is 9.68 Å². The number of nitrogens with zero attached hydrogens (tertiary/aromatic N) is 3. The van der Waals surface area contributed by atoms with Crippen LogP contribution in [0.4, 0.5) is 9.59 Å². The van der Waals surface area contributed by atoms with Crippen LogP contribution in [0.5, 0.6) is 0 Å². The first-order chi connectivity index (χ1) is 23.6. The van der Waals surface area contributed by atoms with E-state index in [1.165, 1.54) is 9.96 Å². The van der Waals surface area contributed by atoms with Crippen LogP contribution in [-0.4, -0.2) is 68.0 Å². The fourth-order valence-electron chi connectivity index (χ4n) is 5.95. The molecule has 0 saturated carbocycles. The Hall–Kier alpha value is -4.43. The van der Waals surface area contributed by atoms with E-state index < -0.39 is 38.3 Å². The largest absolute Gasteiger partial charge is 0.448 e. The number of ether oxygens (including phenoxy) is 2. The number of fused-ring (bicyclic) bond motifs is 3. The zero-order valence-corrected chi connectivity index (χ0v) is 31.4. The third kappa shape index (κ3) is 8.29. The van der Waals surface area contributed by atoms with Crippen molar-refractivity contribution in [3.8, 4) is 11.1 Å². The summed E-state index contributed by atoms with van der Waals surface area (Å²) in [7, 11) is -2.26. The zero-order chi connectivity index (χ0) is 36.3. The van der Waals surface area contributed by atoms with Crippen LogP contribution in [0.3, 0.4) is 0 Å². The standard InChI is InChI=1S/C40H49N3O6Si/c1-39(2,3)49-38(45)43(47-25-28-17-11-10-12-18-28)30-23-29(26-48-50(8,9)40(4,5)6)36(41-7)42(24-30)37(44)46-27-35-33-21-15-13-19-31(33)32-20-14-16-22-34(32)35/h10-23,30,35-36H,24-27H2,1-6,8-9H3/t30-,36?/m1/s1. The maximum atomic E-state index is 14.1. The lowest BCUT2D eigenvalue weighted by atomic mass is 9.98. The number of hydrogen-bond donors (Lipinski definition) is 0. The zero-order valence-electron chi connectivity index (χ0n) is 30.4. The molecule has 264 valence electrons. The molecule has 0 fully saturated rings. The summed E-state index contributed by atoms with van der Waals surface area (Å²) in [5, 5.41) is 1.09. The molecule has 1 aliphatic heterocycles. The molecule has 2 amide bonds. The lowest BCUT2D eigenvalue weighted by Crippen LogP contribution is -2.55. The van der Waals surface area contributed by atoms with Crippen molar-refractivity contribution in [2.75, 3.05) is 19.8 Å². The van der Waals surface area contributed by atoms with Gasteiger partial charge in [-0.2, -0.15) is 5.06 Å². The summed E-state index contributed by atoms with van der Waals surface area (Å²) in [6.07, 6.45) is -0.518. The van der Waals surface area contributed by atoms with E-state index in [2.05, 4.69) is 63.0 Å². The number of carbonyl (C=O) groups is 2. The molecule has 1 unspecified atom stereocenters. The molecular weight excluding hydrogens is 647 g/mol. The monoisotopic (exact) mass is 695 g/mol. The first-order valence-electron chi connectivity index (χ1n) is 17.1. The Morgan fingerprint density at radius 2 is 1.46 bits per heavy atom. The summed E-state index contributed by atoms with van der Waals surface area (Å²) in [6, 6.07) is 25.0. The van der Waals surface area contributed by atoms with E-state index >= 15 is 0 Å². The first-order valence-corrected chi connectivity index (χ1v) is 20.0. The molecule has 2 aliphatic rings. The highest BCUT2D eigenvalue weighted by atomic mass is 28.4. The Kier molecular flexibility index (Phi) is 10.9. The highest BCUT2D eigenvalue weighted by Gasteiger charge is 2.45. The summed E-state index contributed by atoms with van der Waals surface area (Å²) in [4.78, 5) is 39.3. The van der Waals surface area contributed by atoms with Gasteiger partial charge < -0.3 is 13.9 Å². The second-order valence-electron chi connectivity index (χ2n) is 15.4. The van der Waals surface area contributed by atoms with Crippen LogP contribution >= 0.6 is 0 Å². The molecule has 0 N–H and O–H groups in total. The van der Waals surface area contributed by atoms with Crippen molar-refractivity contribution >= 4 is 20.5 Å². The summed E-state index contributed by atoms with van der Waals surface area (Å²) in [5.74, 6) is -0.150. The van der Waals surface area contributed by atoms with E-state index in [4.69, 9.17) is 25.3 Å². The molecule has 0 bridgehead atoms. The van der Waals surface area contributed by atoms with Crippen LogP contribution in [-0.2, 0) is 25.3 Å². The lowest BCUT2D eigenvalue weighted by molar-refractivity contribution is -0.174. The molecule has 0 spiro atoms. The molecule has 0 aromatic heterocycles. The van der Waals surface area contributed by atoms with E-state index in [-0.39, 0.29) is 37.3 Å². The molecule has 1 heterocycles. The molecule has 5 rings (SSSR count). The Morgan fingerprint density at radius 3 is 2.02 bits per heavy atom. The number of carbonyl (C=O) groups excluding carboxylic acids is 2. The second-order valence-corrected chi connectivity index (χ2v) is 20.2. The van der Waals surface area contributed by atoms with Gasteiger partial charge in [0.25, 0.3) is 0 Å². The molecule has 2 atom stereocenters. The Balaban J connectivity index is 1.46. The van der Waals surface area contributed by atoms with E-state index in [0.29, 0.717) is 5.57 Å². The quantitative estimate of drug-likeness (QED) is 0.0961. The third-order valence-corrected chi connectivity index (χ3v) is 14.1. The summed E-state index contributed by atoms with van der Waals surface area (Å²) < 4.78 is 18.4. The van der Waals surface area contributed by atoms with E-state index in [1.807, 2.05) is 60.7 Å². The maximum Gasteiger partial charge on any atom is 0.435 e. The minimum absolute atomic E-state index is 0.0403. The molecule has 1 aliphatic carbocycles. The van der Waals surface area contributed by atoms with Gasteiger partial charge in [-0.25, -0.2) is 21.1 Å². The Labute approximate surface area is 297 Å². The molecule has 0 saturated heterocycles. The van der Waals surface area contributed by atoms with Crippen molar-refractivity contribution in [1.82, 2.24) is 9.96 Å². The van der Waals surface area contributed by atoms with Crippen molar-refractivity contribution in [1.29, 1.82) is 0 Å². The van der Waals surface area contributed by atoms with Gasteiger partial charge in [0.15, 0.2) is 8.32 Å². The third-order valence-electron chi connectivity index (χ3n) is 9.60.